The lowest BCUT2D eigenvalue weighted by atomic mass is 9.99. The SMILES string of the molecule is CC(C)C(S)C(=O)N1CCC1C(N)=O. The second kappa shape index (κ2) is 4.21. The summed E-state index contributed by atoms with van der Waals surface area (Å²) in [5.74, 6) is -0.341. The first kappa shape index (κ1) is 11.4. The zero-order valence-corrected chi connectivity index (χ0v) is 9.33. The van der Waals surface area contributed by atoms with Crippen LogP contribution in [0, 0.1) is 5.92 Å². The third kappa shape index (κ3) is 2.03. The molecule has 0 spiro atoms. The molecule has 0 bridgehead atoms. The van der Waals surface area contributed by atoms with Gasteiger partial charge in [-0.3, -0.25) is 9.59 Å². The Balaban J connectivity index is 2.58. The fourth-order valence-corrected chi connectivity index (χ4v) is 1.55. The quantitative estimate of drug-likeness (QED) is 0.654. The molecule has 0 aliphatic carbocycles. The van der Waals surface area contributed by atoms with Gasteiger partial charge >= 0.3 is 0 Å². The number of nitrogens with zero attached hydrogens (tertiary/aromatic N) is 1. The molecule has 2 atom stereocenters. The van der Waals surface area contributed by atoms with Gasteiger partial charge in [0.05, 0.1) is 5.25 Å². The van der Waals surface area contributed by atoms with Gasteiger partial charge in [0.1, 0.15) is 6.04 Å². The van der Waals surface area contributed by atoms with E-state index in [1.54, 1.807) is 0 Å². The van der Waals surface area contributed by atoms with Crippen molar-refractivity contribution in [2.45, 2.75) is 31.6 Å². The Bertz CT molecular complexity index is 255. The lowest BCUT2D eigenvalue weighted by Gasteiger charge is -2.40. The Kier molecular flexibility index (Phi) is 3.42. The van der Waals surface area contributed by atoms with Gasteiger partial charge in [-0.25, -0.2) is 0 Å². The standard InChI is InChI=1S/C9H16N2O2S/c1-5(2)7(14)9(13)11-4-3-6(11)8(10)12/h5-7,14H,3-4H2,1-2H3,(H2,10,12). The van der Waals surface area contributed by atoms with Gasteiger partial charge in [-0.2, -0.15) is 12.6 Å². The fraction of sp³-hybridized carbons (Fsp3) is 0.778. The van der Waals surface area contributed by atoms with Crippen LogP contribution >= 0.6 is 12.6 Å². The van der Waals surface area contributed by atoms with Crippen LogP contribution in [0.2, 0.25) is 0 Å². The van der Waals surface area contributed by atoms with E-state index in [4.69, 9.17) is 5.73 Å². The third-order valence-electron chi connectivity index (χ3n) is 2.52. The van der Waals surface area contributed by atoms with Crippen LogP contribution in [-0.4, -0.2) is 34.6 Å². The van der Waals surface area contributed by atoms with Gasteiger partial charge in [0.15, 0.2) is 0 Å². The monoisotopic (exact) mass is 216 g/mol. The molecule has 80 valence electrons. The zero-order chi connectivity index (χ0) is 10.9. The molecule has 1 aliphatic rings. The highest BCUT2D eigenvalue weighted by Crippen LogP contribution is 2.22. The number of primary amides is 1. The van der Waals surface area contributed by atoms with Crippen molar-refractivity contribution in [3.63, 3.8) is 0 Å². The van der Waals surface area contributed by atoms with Crippen molar-refractivity contribution in [2.75, 3.05) is 6.54 Å². The van der Waals surface area contributed by atoms with E-state index in [1.165, 1.54) is 4.90 Å². The molecule has 1 fully saturated rings. The van der Waals surface area contributed by atoms with Crippen molar-refractivity contribution < 1.29 is 9.59 Å². The minimum atomic E-state index is -0.422. The molecule has 5 heteroatoms. The first-order valence-electron chi connectivity index (χ1n) is 4.73. The number of nitrogens with two attached hydrogens (primary N) is 1. The van der Waals surface area contributed by atoms with Crippen LogP contribution in [0.1, 0.15) is 20.3 Å². The molecule has 0 aromatic carbocycles. The lowest BCUT2D eigenvalue weighted by Crippen LogP contribution is -2.59. The van der Waals surface area contributed by atoms with Gasteiger partial charge in [0.2, 0.25) is 11.8 Å². The Morgan fingerprint density at radius 1 is 1.50 bits per heavy atom. The number of likely N-dealkylation sites (tertiary alicyclic amines) is 1. The molecule has 1 saturated heterocycles. The smallest absolute Gasteiger partial charge is 0.240 e. The molecule has 2 unspecified atom stereocenters. The van der Waals surface area contributed by atoms with E-state index in [0.29, 0.717) is 13.0 Å². The number of hydrogen-bond acceptors (Lipinski definition) is 3. The summed E-state index contributed by atoms with van der Waals surface area (Å²) in [5.41, 5.74) is 5.14. The summed E-state index contributed by atoms with van der Waals surface area (Å²) < 4.78 is 0. The highest BCUT2D eigenvalue weighted by atomic mass is 32.1. The van der Waals surface area contributed by atoms with E-state index in [-0.39, 0.29) is 17.1 Å². The first-order chi connectivity index (χ1) is 6.45. The maximum atomic E-state index is 11.7. The van der Waals surface area contributed by atoms with Crippen LogP contribution in [0.3, 0.4) is 0 Å². The van der Waals surface area contributed by atoms with Crippen LogP contribution in [0.4, 0.5) is 0 Å². The first-order valence-corrected chi connectivity index (χ1v) is 5.24. The van der Waals surface area contributed by atoms with Crippen molar-refractivity contribution >= 4 is 24.4 Å². The number of carbonyl (C=O) groups is 2. The molecule has 14 heavy (non-hydrogen) atoms. The summed E-state index contributed by atoms with van der Waals surface area (Å²) in [5, 5.41) is -0.336. The van der Waals surface area contributed by atoms with Crippen LogP contribution < -0.4 is 5.73 Å². The number of rotatable bonds is 3. The largest absolute Gasteiger partial charge is 0.368 e. The van der Waals surface area contributed by atoms with Gasteiger partial charge in [0, 0.05) is 6.54 Å². The third-order valence-corrected chi connectivity index (χ3v) is 3.33. The molecule has 2 N–H and O–H groups in total. The average molecular weight is 216 g/mol. The molecule has 0 aromatic rings. The van der Waals surface area contributed by atoms with Crippen LogP contribution in [0.5, 0.6) is 0 Å². The number of thiol groups is 1. The molecule has 0 saturated carbocycles. The van der Waals surface area contributed by atoms with E-state index < -0.39 is 11.9 Å². The van der Waals surface area contributed by atoms with E-state index in [0.717, 1.165) is 0 Å². The summed E-state index contributed by atoms with van der Waals surface area (Å²) in [6.07, 6.45) is 0.680. The second-order valence-corrected chi connectivity index (χ2v) is 4.48. The zero-order valence-electron chi connectivity index (χ0n) is 8.43. The highest BCUT2D eigenvalue weighted by Gasteiger charge is 2.38. The molecule has 4 nitrogen and oxygen atoms in total. The molecule has 1 heterocycles. The minimum Gasteiger partial charge on any atom is -0.368 e. The molecular weight excluding hydrogens is 200 g/mol. The Morgan fingerprint density at radius 2 is 2.07 bits per heavy atom. The van der Waals surface area contributed by atoms with Gasteiger partial charge in [-0.1, -0.05) is 13.8 Å². The average Bonchev–Trinajstić information content (AvgIpc) is 1.99. The van der Waals surface area contributed by atoms with Crippen molar-refractivity contribution in [3.05, 3.63) is 0 Å². The summed E-state index contributed by atoms with van der Waals surface area (Å²) in [4.78, 5) is 24.1. The van der Waals surface area contributed by atoms with Crippen LogP contribution in [0.25, 0.3) is 0 Å². The Labute approximate surface area is 89.2 Å². The predicted molar refractivity (Wildman–Crippen MR) is 56.9 cm³/mol. The van der Waals surface area contributed by atoms with Crippen molar-refractivity contribution in [1.82, 2.24) is 4.90 Å². The molecular formula is C9H16N2O2S. The van der Waals surface area contributed by atoms with E-state index in [9.17, 15) is 9.59 Å². The normalized spacial score (nSPS) is 23.1. The topological polar surface area (TPSA) is 63.4 Å². The molecule has 2 amide bonds. The van der Waals surface area contributed by atoms with Crippen molar-refractivity contribution in [2.24, 2.45) is 11.7 Å². The minimum absolute atomic E-state index is 0.0848. The van der Waals surface area contributed by atoms with Gasteiger partial charge in [-0.15, -0.1) is 0 Å². The van der Waals surface area contributed by atoms with Gasteiger partial charge < -0.3 is 10.6 Å². The fourth-order valence-electron chi connectivity index (χ4n) is 1.40. The Hall–Kier alpha value is -0.710. The van der Waals surface area contributed by atoms with Gasteiger partial charge in [0.25, 0.3) is 0 Å². The van der Waals surface area contributed by atoms with Crippen LogP contribution in [0.15, 0.2) is 0 Å². The second-order valence-electron chi connectivity index (χ2n) is 3.93. The maximum Gasteiger partial charge on any atom is 0.240 e. The van der Waals surface area contributed by atoms with E-state index in [1.807, 2.05) is 13.8 Å². The lowest BCUT2D eigenvalue weighted by molar-refractivity contribution is -0.146. The number of hydrogen-bond donors (Lipinski definition) is 2. The highest BCUT2D eigenvalue weighted by molar-refractivity contribution is 7.81. The molecule has 1 rings (SSSR count). The number of amides is 2. The molecule has 0 radical (unpaired) electrons. The van der Waals surface area contributed by atoms with Crippen LogP contribution in [-0.2, 0) is 9.59 Å². The van der Waals surface area contributed by atoms with Crippen molar-refractivity contribution in [3.8, 4) is 0 Å². The summed E-state index contributed by atoms with van der Waals surface area (Å²) in [7, 11) is 0. The summed E-state index contributed by atoms with van der Waals surface area (Å²) in [6.45, 7) is 4.47. The molecule has 0 aromatic heterocycles. The number of carbonyl (C=O) groups excluding carboxylic acids is 2. The maximum absolute atomic E-state index is 11.7. The van der Waals surface area contributed by atoms with Gasteiger partial charge in [-0.05, 0) is 12.3 Å². The van der Waals surface area contributed by atoms with Crippen molar-refractivity contribution in [1.29, 1.82) is 0 Å². The predicted octanol–water partition coefficient (Wildman–Crippen LogP) is 0.0270. The summed E-state index contributed by atoms with van der Waals surface area (Å²) in [6, 6.07) is -0.407. The molecule has 1 aliphatic heterocycles. The van der Waals surface area contributed by atoms with E-state index in [2.05, 4.69) is 12.6 Å². The van der Waals surface area contributed by atoms with E-state index >= 15 is 0 Å². The Morgan fingerprint density at radius 3 is 2.36 bits per heavy atom. The summed E-state index contributed by atoms with van der Waals surface area (Å²) >= 11 is 4.21.